The first-order valence-electron chi connectivity index (χ1n) is 38.2. The van der Waals surface area contributed by atoms with Gasteiger partial charge < -0.3 is 65.6 Å². The lowest BCUT2D eigenvalue weighted by atomic mass is 9.83. The van der Waals surface area contributed by atoms with Crippen molar-refractivity contribution in [3.63, 3.8) is 0 Å². The van der Waals surface area contributed by atoms with Crippen molar-refractivity contribution in [2.75, 3.05) is 69.0 Å². The van der Waals surface area contributed by atoms with E-state index in [0.717, 1.165) is 90.2 Å². The fourth-order valence-corrected chi connectivity index (χ4v) is 15.0. The molecular weight excluding hydrogens is 1330 g/mol. The lowest BCUT2D eigenvalue weighted by Gasteiger charge is -2.40. The second-order valence-electron chi connectivity index (χ2n) is 31.9. The summed E-state index contributed by atoms with van der Waals surface area (Å²) in [6, 6.07) is -13.3. The standard InChI is InChI=1S/C75H129F3N12O13/c1-19-49(10)64-68(97)82-63(48(8)9)74(103)83(12)44-62(93)85(14)56(39-46(4)5)66(95)81-55(71(100)90-36-27-22-28-37-90)43-61(92)84(13)50(11)65(94)79-53(34-29-35-60(91)75(76,77)78)69(98)87(16)58(40-47(6)7)72(101)86(15)57(41-51-30-23-20-24-31-51)67(96)80-54(38-45(2)3)70(99)88(17)59(73(102)89(64)18)42-52-32-25-21-26-33-52/h45-60,63-64,91H,19-44H2,1-18H3,(H,79,94)(H,80,96)(H,81,95)(H,82,97)/t49-,50-,53-,54-,55-,56-,57-,58-,59-,60?,63?,64?/m0/s1. The zero-order valence-corrected chi connectivity index (χ0v) is 65.3. The van der Waals surface area contributed by atoms with Gasteiger partial charge in [0.1, 0.15) is 66.5 Å². The number of carbonyl (C=O) groups is 12. The number of likely N-dealkylation sites (N-methyl/N-ethyl adjacent to an activating group) is 7. The molecule has 5 N–H and O–H groups in total. The van der Waals surface area contributed by atoms with Crippen molar-refractivity contribution in [3.05, 3.63) is 0 Å². The smallest absolute Gasteiger partial charge is 0.384 e. The zero-order valence-electron chi connectivity index (χ0n) is 65.3. The van der Waals surface area contributed by atoms with Crippen LogP contribution in [0.4, 0.5) is 13.2 Å². The number of nitrogens with zero attached hydrogens (tertiary/aromatic N) is 8. The minimum Gasteiger partial charge on any atom is -0.384 e. The van der Waals surface area contributed by atoms with E-state index in [1.165, 1.54) is 75.9 Å². The number of aliphatic hydroxyl groups is 1. The number of carbonyl (C=O) groups excluding carboxylic acids is 12. The Morgan fingerprint density at radius 3 is 1.49 bits per heavy atom. The van der Waals surface area contributed by atoms with E-state index in [9.17, 15) is 47.0 Å². The average Bonchev–Trinajstić information content (AvgIpc) is 0.808. The van der Waals surface area contributed by atoms with Gasteiger partial charge in [0.2, 0.25) is 70.9 Å². The van der Waals surface area contributed by atoms with Crippen molar-refractivity contribution in [2.24, 2.45) is 41.4 Å². The first-order valence-corrected chi connectivity index (χ1v) is 38.2. The number of hydrogen-bond acceptors (Lipinski definition) is 13. The molecule has 12 atom stereocenters. The number of nitrogens with one attached hydrogen (secondary N) is 4. The SMILES string of the molecule is CC[C@H](C)C1C(=O)NC(C(C)C)C(=O)N(C)CC(=O)N(C)[C@@H](CC(C)C)C(=O)N[C@H](C(=O)N2CCCCC2)CC(=O)N(C)[C@@H](C)C(=O)N[C@@H](CCCC(O)C(F)(F)F)C(=O)N(C)[C@@H](CC(C)C)C(=O)N(C)[C@@H](CC2CCCCC2)C(=O)N[C@@H](CC(C)C)C(=O)N(C)[C@@H](CC2CCCCC2)C(=O)N1C. The lowest BCUT2D eigenvalue weighted by molar-refractivity contribution is -0.205. The molecule has 0 bridgehead atoms. The second kappa shape index (κ2) is 41.3. The van der Waals surface area contributed by atoms with E-state index in [4.69, 9.17) is 0 Å². The number of rotatable bonds is 18. The molecule has 25 nitrogen and oxygen atoms in total. The highest BCUT2D eigenvalue weighted by Gasteiger charge is 2.46. The summed E-state index contributed by atoms with van der Waals surface area (Å²) in [4.78, 5) is 190. The van der Waals surface area contributed by atoms with Gasteiger partial charge in [0.25, 0.3) is 0 Å². The van der Waals surface area contributed by atoms with Gasteiger partial charge in [-0.1, -0.05) is 140 Å². The molecular formula is C75H129F3N12O13. The summed E-state index contributed by atoms with van der Waals surface area (Å²) in [5.74, 6) is -10.4. The van der Waals surface area contributed by atoms with Crippen molar-refractivity contribution in [3.8, 4) is 0 Å². The van der Waals surface area contributed by atoms with E-state index < -0.39 is 188 Å². The molecule has 588 valence electrons. The Kier molecular flexibility index (Phi) is 35.6. The van der Waals surface area contributed by atoms with Gasteiger partial charge in [0.15, 0.2) is 0 Å². The molecule has 28 heteroatoms. The summed E-state index contributed by atoms with van der Waals surface area (Å²) in [6.07, 6.45) is 1.36. The third kappa shape index (κ3) is 25.9. The minimum absolute atomic E-state index is 0.000379. The molecule has 0 spiro atoms. The van der Waals surface area contributed by atoms with Gasteiger partial charge in [-0.15, -0.1) is 0 Å². The average molecular weight is 1460 g/mol. The van der Waals surface area contributed by atoms with E-state index in [1.54, 1.807) is 13.8 Å². The van der Waals surface area contributed by atoms with Crippen molar-refractivity contribution in [2.45, 2.75) is 297 Å². The molecule has 0 aromatic heterocycles. The fraction of sp³-hybridized carbons (Fsp3) is 0.840. The first kappa shape index (κ1) is 88.8. The van der Waals surface area contributed by atoms with Crippen LogP contribution < -0.4 is 21.3 Å². The Morgan fingerprint density at radius 2 is 0.971 bits per heavy atom. The number of piperidine rings is 1. The monoisotopic (exact) mass is 1460 g/mol. The maximum atomic E-state index is 15.6. The number of amides is 12. The molecule has 4 rings (SSSR count). The third-order valence-corrected chi connectivity index (χ3v) is 21.9. The van der Waals surface area contributed by atoms with Crippen LogP contribution in [0.3, 0.4) is 0 Å². The van der Waals surface area contributed by atoms with Crippen LogP contribution in [-0.4, -0.2) is 257 Å². The van der Waals surface area contributed by atoms with Gasteiger partial charge in [0.05, 0.1) is 13.0 Å². The number of hydrogen-bond donors (Lipinski definition) is 5. The number of aliphatic hydroxyl groups excluding tert-OH is 1. The van der Waals surface area contributed by atoms with Gasteiger partial charge in [0, 0.05) is 62.4 Å². The van der Waals surface area contributed by atoms with Gasteiger partial charge in [-0.2, -0.15) is 13.2 Å². The Bertz CT molecular complexity index is 2850. The summed E-state index contributed by atoms with van der Waals surface area (Å²) in [5.41, 5.74) is 0. The molecule has 0 aromatic rings. The molecule has 2 heterocycles. The maximum absolute atomic E-state index is 15.6. The van der Waals surface area contributed by atoms with Crippen LogP contribution in [0.1, 0.15) is 224 Å². The third-order valence-electron chi connectivity index (χ3n) is 21.9. The van der Waals surface area contributed by atoms with Crippen LogP contribution in [-0.2, 0) is 57.5 Å². The normalized spacial score (nSPS) is 27.4. The summed E-state index contributed by atoms with van der Waals surface area (Å²) < 4.78 is 41.4. The highest BCUT2D eigenvalue weighted by atomic mass is 19.4. The molecule has 3 unspecified atom stereocenters. The van der Waals surface area contributed by atoms with Crippen molar-refractivity contribution < 1.29 is 75.8 Å². The minimum atomic E-state index is -5.02. The van der Waals surface area contributed by atoms with Crippen LogP contribution in [0, 0.1) is 41.4 Å². The Labute approximate surface area is 611 Å². The van der Waals surface area contributed by atoms with E-state index in [-0.39, 0.29) is 61.7 Å². The lowest BCUT2D eigenvalue weighted by Crippen LogP contribution is -2.62. The van der Waals surface area contributed by atoms with Crippen LogP contribution in [0.5, 0.6) is 0 Å². The molecule has 2 aliphatic carbocycles. The summed E-state index contributed by atoms with van der Waals surface area (Å²) in [7, 11) is 9.82. The number of halogens is 3. The number of alkyl halides is 3. The van der Waals surface area contributed by atoms with Crippen LogP contribution in [0.15, 0.2) is 0 Å². The zero-order chi connectivity index (χ0) is 77.7. The van der Waals surface area contributed by atoms with E-state index in [2.05, 4.69) is 21.3 Å². The summed E-state index contributed by atoms with van der Waals surface area (Å²) in [5, 5.41) is 21.5. The van der Waals surface area contributed by atoms with Crippen molar-refractivity contribution >= 4 is 70.9 Å². The molecule has 4 aliphatic rings. The van der Waals surface area contributed by atoms with Gasteiger partial charge in [-0.3, -0.25) is 57.5 Å². The van der Waals surface area contributed by atoms with E-state index in [0.29, 0.717) is 32.4 Å². The van der Waals surface area contributed by atoms with Crippen LogP contribution in [0.25, 0.3) is 0 Å². The number of likely N-dealkylation sites (tertiary alicyclic amines) is 1. The highest BCUT2D eigenvalue weighted by molar-refractivity contribution is 6.00. The quantitative estimate of drug-likeness (QED) is 0.0961. The molecule has 2 aliphatic heterocycles. The molecule has 2 saturated heterocycles. The van der Waals surface area contributed by atoms with E-state index in [1.807, 2.05) is 55.4 Å². The molecule has 12 amide bonds. The highest BCUT2D eigenvalue weighted by Crippen LogP contribution is 2.33. The maximum Gasteiger partial charge on any atom is 0.414 e. The Hall–Kier alpha value is -6.61. The largest absolute Gasteiger partial charge is 0.414 e. The van der Waals surface area contributed by atoms with Gasteiger partial charge in [-0.25, -0.2) is 0 Å². The van der Waals surface area contributed by atoms with Gasteiger partial charge in [-0.05, 0) is 119 Å². The topological polar surface area (TPSA) is 299 Å². The first-order chi connectivity index (χ1) is 48.1. The molecule has 0 aromatic carbocycles. The Balaban J connectivity index is 1.98. The summed E-state index contributed by atoms with van der Waals surface area (Å²) >= 11 is 0. The van der Waals surface area contributed by atoms with Crippen molar-refractivity contribution in [1.29, 1.82) is 0 Å². The predicted octanol–water partition coefficient (Wildman–Crippen LogP) is 6.66. The molecule has 4 fully saturated rings. The molecule has 2 saturated carbocycles. The van der Waals surface area contributed by atoms with Crippen LogP contribution >= 0.6 is 0 Å². The Morgan fingerprint density at radius 1 is 0.505 bits per heavy atom. The summed E-state index contributed by atoms with van der Waals surface area (Å²) in [6.45, 7) is 19.5. The second-order valence-corrected chi connectivity index (χ2v) is 31.9. The van der Waals surface area contributed by atoms with Crippen molar-refractivity contribution in [1.82, 2.24) is 60.5 Å². The molecule has 0 radical (unpaired) electrons. The van der Waals surface area contributed by atoms with Crippen LogP contribution in [0.2, 0.25) is 0 Å². The fourth-order valence-electron chi connectivity index (χ4n) is 15.0. The predicted molar refractivity (Wildman–Crippen MR) is 386 cm³/mol. The van der Waals surface area contributed by atoms with E-state index >= 15 is 28.8 Å². The van der Waals surface area contributed by atoms with Gasteiger partial charge >= 0.3 is 6.18 Å². The molecule has 103 heavy (non-hydrogen) atoms.